The third kappa shape index (κ3) is 3.24. The molecule has 1 aromatic heterocycles. The summed E-state index contributed by atoms with van der Waals surface area (Å²) in [7, 11) is 1.54. The zero-order valence-corrected chi connectivity index (χ0v) is 17.5. The van der Waals surface area contributed by atoms with Crippen LogP contribution in [0, 0.1) is 11.8 Å². The van der Waals surface area contributed by atoms with E-state index >= 15 is 0 Å². The topological polar surface area (TPSA) is 67.6 Å². The number of aromatic nitrogens is 2. The number of para-hydroxylation sites is 2. The number of aliphatic hydroxyl groups is 1. The second kappa shape index (κ2) is 7.60. The van der Waals surface area contributed by atoms with Crippen molar-refractivity contribution >= 4 is 28.5 Å². The summed E-state index contributed by atoms with van der Waals surface area (Å²) in [4.78, 5) is 19.5. The molecule has 6 nitrogen and oxygen atoms in total. The number of likely N-dealkylation sites (tertiary alicyclic amines) is 1. The van der Waals surface area contributed by atoms with Gasteiger partial charge < -0.3 is 19.3 Å². The maximum absolute atomic E-state index is 13.2. The van der Waals surface area contributed by atoms with Gasteiger partial charge in [-0.1, -0.05) is 23.7 Å². The van der Waals surface area contributed by atoms with Crippen molar-refractivity contribution < 1.29 is 14.6 Å². The molecule has 0 spiro atoms. The summed E-state index contributed by atoms with van der Waals surface area (Å²) in [5.74, 6) is 1.09. The molecule has 156 valence electrons. The quantitative estimate of drug-likeness (QED) is 0.693. The van der Waals surface area contributed by atoms with Gasteiger partial charge in [-0.3, -0.25) is 4.79 Å². The number of halogens is 1. The number of carbonyl (C=O) groups is 1. The van der Waals surface area contributed by atoms with E-state index in [0.29, 0.717) is 47.7 Å². The molecule has 0 bridgehead atoms. The van der Waals surface area contributed by atoms with E-state index < -0.39 is 6.10 Å². The summed E-state index contributed by atoms with van der Waals surface area (Å²) < 4.78 is 7.47. The van der Waals surface area contributed by atoms with Gasteiger partial charge in [-0.2, -0.15) is 0 Å². The minimum atomic E-state index is -0.455. The standard InChI is InChI=1S/C23H24ClN3O3/c1-30-22-10-16(24)6-7-17(22)23(29)26-11-14-8-20(21(28)9-15(14)12-26)27-13-25-18-4-2-3-5-19(18)27/h2-7,10,13-15,20-21,28H,8-9,11-12H2,1H3/t14-,15+,20-,21-/m1/s1. The van der Waals surface area contributed by atoms with Crippen LogP contribution in [0.25, 0.3) is 11.0 Å². The fraction of sp³-hybridized carbons (Fsp3) is 0.391. The van der Waals surface area contributed by atoms with Gasteiger partial charge in [-0.25, -0.2) is 4.98 Å². The highest BCUT2D eigenvalue weighted by Crippen LogP contribution is 2.42. The number of hydrogen-bond donors (Lipinski definition) is 1. The maximum Gasteiger partial charge on any atom is 0.257 e. The van der Waals surface area contributed by atoms with Crippen molar-refractivity contribution in [3.05, 3.63) is 59.4 Å². The van der Waals surface area contributed by atoms with Crippen LogP contribution in [0.4, 0.5) is 0 Å². The van der Waals surface area contributed by atoms with Crippen molar-refractivity contribution in [2.75, 3.05) is 20.2 Å². The molecule has 1 saturated carbocycles. The first-order valence-electron chi connectivity index (χ1n) is 10.3. The van der Waals surface area contributed by atoms with Crippen molar-refractivity contribution in [1.82, 2.24) is 14.5 Å². The van der Waals surface area contributed by atoms with E-state index in [1.807, 2.05) is 35.5 Å². The van der Waals surface area contributed by atoms with Crippen LogP contribution in [-0.4, -0.2) is 51.8 Å². The molecule has 1 aliphatic heterocycles. The van der Waals surface area contributed by atoms with Crippen LogP contribution in [0.5, 0.6) is 5.75 Å². The molecule has 0 unspecified atom stereocenters. The second-order valence-electron chi connectivity index (χ2n) is 8.32. The lowest BCUT2D eigenvalue weighted by atomic mass is 9.77. The fourth-order valence-corrected chi connectivity index (χ4v) is 5.29. The minimum absolute atomic E-state index is 0.0289. The molecule has 2 aromatic carbocycles. The highest BCUT2D eigenvalue weighted by atomic mass is 35.5. The number of nitrogens with zero attached hydrogens (tertiary/aromatic N) is 3. The molecule has 5 rings (SSSR count). The van der Waals surface area contributed by atoms with Crippen molar-refractivity contribution in [2.24, 2.45) is 11.8 Å². The maximum atomic E-state index is 13.2. The van der Waals surface area contributed by atoms with Crippen LogP contribution in [0.15, 0.2) is 48.8 Å². The normalized spacial score (nSPS) is 26.0. The SMILES string of the molecule is COc1cc(Cl)ccc1C(=O)N1C[C@H]2C[C@@H](n3cnc4ccccc43)[C@H](O)C[C@H]2C1. The number of fused-ring (bicyclic) bond motifs is 2. The third-order valence-electron chi connectivity index (χ3n) is 6.63. The molecule has 2 fully saturated rings. The van der Waals surface area contributed by atoms with Crippen molar-refractivity contribution in [3.63, 3.8) is 0 Å². The van der Waals surface area contributed by atoms with Gasteiger partial charge in [0, 0.05) is 18.1 Å². The zero-order chi connectivity index (χ0) is 20.8. The largest absolute Gasteiger partial charge is 0.496 e. The number of hydrogen-bond acceptors (Lipinski definition) is 4. The fourth-order valence-electron chi connectivity index (χ4n) is 5.13. The zero-order valence-electron chi connectivity index (χ0n) is 16.7. The Morgan fingerprint density at radius 2 is 1.93 bits per heavy atom. The van der Waals surface area contributed by atoms with Gasteiger partial charge in [-0.15, -0.1) is 0 Å². The van der Waals surface area contributed by atoms with Gasteiger partial charge >= 0.3 is 0 Å². The van der Waals surface area contributed by atoms with E-state index in [1.165, 1.54) is 0 Å². The summed E-state index contributed by atoms with van der Waals surface area (Å²) in [5.41, 5.74) is 2.50. The van der Waals surface area contributed by atoms with Gasteiger partial charge in [-0.05, 0) is 55.0 Å². The predicted octanol–water partition coefficient (Wildman–Crippen LogP) is 3.78. The molecule has 1 amide bonds. The molecule has 7 heteroatoms. The minimum Gasteiger partial charge on any atom is -0.496 e. The summed E-state index contributed by atoms with van der Waals surface area (Å²) in [5, 5.41) is 11.5. The first kappa shape index (κ1) is 19.4. The van der Waals surface area contributed by atoms with Crippen LogP contribution in [-0.2, 0) is 0 Å². The number of benzene rings is 2. The second-order valence-corrected chi connectivity index (χ2v) is 8.76. The van der Waals surface area contributed by atoms with Crippen molar-refractivity contribution in [2.45, 2.75) is 25.0 Å². The van der Waals surface area contributed by atoms with Gasteiger partial charge in [0.05, 0.1) is 42.2 Å². The Morgan fingerprint density at radius 1 is 1.17 bits per heavy atom. The first-order chi connectivity index (χ1) is 14.5. The Hall–Kier alpha value is -2.57. The number of methoxy groups -OCH3 is 1. The van der Waals surface area contributed by atoms with E-state index in [9.17, 15) is 9.90 Å². The van der Waals surface area contributed by atoms with Gasteiger partial charge in [0.1, 0.15) is 5.75 Å². The summed E-state index contributed by atoms with van der Waals surface area (Å²) in [6.45, 7) is 1.34. The van der Waals surface area contributed by atoms with Crippen LogP contribution in [0.3, 0.4) is 0 Å². The number of aliphatic hydroxyl groups excluding tert-OH is 1. The van der Waals surface area contributed by atoms with Crippen LogP contribution in [0.1, 0.15) is 29.2 Å². The molecule has 1 saturated heterocycles. The lowest BCUT2D eigenvalue weighted by Gasteiger charge is -2.36. The Kier molecular flexibility index (Phi) is 4.91. The molecule has 3 aromatic rings. The number of amides is 1. The number of rotatable bonds is 3. The Morgan fingerprint density at radius 3 is 2.73 bits per heavy atom. The van der Waals surface area contributed by atoms with E-state index in [-0.39, 0.29) is 11.9 Å². The molecule has 1 aliphatic carbocycles. The molecule has 2 heterocycles. The van der Waals surface area contributed by atoms with Gasteiger partial charge in [0.15, 0.2) is 0 Å². The molecule has 0 radical (unpaired) electrons. The molecular weight excluding hydrogens is 402 g/mol. The van der Waals surface area contributed by atoms with Crippen molar-refractivity contribution in [3.8, 4) is 5.75 Å². The third-order valence-corrected chi connectivity index (χ3v) is 6.86. The van der Waals surface area contributed by atoms with Crippen LogP contribution >= 0.6 is 11.6 Å². The van der Waals surface area contributed by atoms with Crippen LogP contribution in [0.2, 0.25) is 5.02 Å². The highest BCUT2D eigenvalue weighted by Gasteiger charge is 2.44. The van der Waals surface area contributed by atoms with Crippen molar-refractivity contribution in [1.29, 1.82) is 0 Å². The molecule has 30 heavy (non-hydrogen) atoms. The lowest BCUT2D eigenvalue weighted by molar-refractivity contribution is 0.0374. The lowest BCUT2D eigenvalue weighted by Crippen LogP contribution is -2.36. The Labute approximate surface area is 180 Å². The predicted molar refractivity (Wildman–Crippen MR) is 115 cm³/mol. The Bertz CT molecular complexity index is 1100. The molecule has 1 N–H and O–H groups in total. The molecular formula is C23H24ClN3O3. The van der Waals surface area contributed by atoms with E-state index in [1.54, 1.807) is 25.3 Å². The summed E-state index contributed by atoms with van der Waals surface area (Å²) in [6.07, 6.45) is 2.89. The molecule has 2 aliphatic rings. The average Bonchev–Trinajstić information content (AvgIpc) is 3.36. The number of imidazole rings is 1. The van der Waals surface area contributed by atoms with Crippen LogP contribution < -0.4 is 4.74 Å². The smallest absolute Gasteiger partial charge is 0.257 e. The molecule has 4 atom stereocenters. The number of carbonyl (C=O) groups excluding carboxylic acids is 1. The van der Waals surface area contributed by atoms with Gasteiger partial charge in [0.25, 0.3) is 5.91 Å². The van der Waals surface area contributed by atoms with Gasteiger partial charge in [0.2, 0.25) is 0 Å². The first-order valence-corrected chi connectivity index (χ1v) is 10.7. The van der Waals surface area contributed by atoms with E-state index in [0.717, 1.165) is 17.5 Å². The van der Waals surface area contributed by atoms with E-state index in [4.69, 9.17) is 16.3 Å². The number of ether oxygens (including phenoxy) is 1. The summed E-state index contributed by atoms with van der Waals surface area (Å²) >= 11 is 6.04. The Balaban J connectivity index is 1.37. The summed E-state index contributed by atoms with van der Waals surface area (Å²) in [6, 6.07) is 13.1. The average molecular weight is 426 g/mol. The monoisotopic (exact) mass is 425 g/mol. The van der Waals surface area contributed by atoms with E-state index in [2.05, 4.69) is 9.55 Å². The highest BCUT2D eigenvalue weighted by molar-refractivity contribution is 6.30.